The molecule has 1 saturated heterocycles. The van der Waals surface area contributed by atoms with E-state index in [4.69, 9.17) is 27.2 Å². The molecule has 3 aromatic heterocycles. The maximum absolute atomic E-state index is 6.76. The molecule has 170 valence electrons. The Bertz CT molecular complexity index is 1360. The van der Waals surface area contributed by atoms with Gasteiger partial charge in [0.2, 0.25) is 0 Å². The zero-order chi connectivity index (χ0) is 23.3. The Kier molecular flexibility index (Phi) is 5.32. The quantitative estimate of drug-likeness (QED) is 0.463. The van der Waals surface area contributed by atoms with Crippen LogP contribution in [0.5, 0.6) is 5.75 Å². The van der Waals surface area contributed by atoms with Gasteiger partial charge in [0, 0.05) is 35.4 Å². The van der Waals surface area contributed by atoms with Crippen LogP contribution in [0.15, 0.2) is 30.7 Å². The van der Waals surface area contributed by atoms with E-state index in [1.807, 2.05) is 36.9 Å². The van der Waals surface area contributed by atoms with Gasteiger partial charge in [-0.2, -0.15) is 5.10 Å². The van der Waals surface area contributed by atoms with Crippen LogP contribution >= 0.6 is 11.6 Å². The lowest BCUT2D eigenvalue weighted by Gasteiger charge is -2.32. The molecule has 4 aromatic rings. The number of aryl methyl sites for hydroxylation is 1. The van der Waals surface area contributed by atoms with Crippen LogP contribution < -0.4 is 15.4 Å². The van der Waals surface area contributed by atoms with Gasteiger partial charge in [0.15, 0.2) is 5.65 Å². The molecule has 1 aliphatic heterocycles. The predicted molar refractivity (Wildman–Crippen MR) is 131 cm³/mol. The zero-order valence-corrected chi connectivity index (χ0v) is 19.9. The number of anilines is 2. The number of aromatic nitrogens is 5. The first-order valence-electron chi connectivity index (χ1n) is 10.9. The van der Waals surface area contributed by atoms with E-state index < -0.39 is 0 Å². The molecule has 4 heterocycles. The lowest BCUT2D eigenvalue weighted by atomic mass is 9.94. The molecule has 0 amide bonds. The highest BCUT2D eigenvalue weighted by Crippen LogP contribution is 2.44. The number of benzene rings is 1. The molecule has 5 rings (SSSR count). The van der Waals surface area contributed by atoms with Crippen molar-refractivity contribution >= 4 is 34.3 Å². The molecule has 33 heavy (non-hydrogen) atoms. The Labute approximate surface area is 197 Å². The number of rotatable bonds is 5. The van der Waals surface area contributed by atoms with Gasteiger partial charge in [-0.1, -0.05) is 11.6 Å². The van der Waals surface area contributed by atoms with E-state index in [1.165, 1.54) is 12.7 Å². The fourth-order valence-electron chi connectivity index (χ4n) is 4.49. The molecule has 1 fully saturated rings. The second kappa shape index (κ2) is 8.19. The Morgan fingerprint density at radius 3 is 2.64 bits per heavy atom. The van der Waals surface area contributed by atoms with Crippen molar-refractivity contribution in [3.8, 4) is 16.9 Å². The van der Waals surface area contributed by atoms with Crippen molar-refractivity contribution in [2.75, 3.05) is 30.8 Å². The molecule has 1 aliphatic rings. The van der Waals surface area contributed by atoms with Crippen LogP contribution in [0.1, 0.15) is 36.2 Å². The van der Waals surface area contributed by atoms with Crippen LogP contribution in [0.25, 0.3) is 22.2 Å². The van der Waals surface area contributed by atoms with Crippen LogP contribution in [0.3, 0.4) is 0 Å². The number of pyridine rings is 1. The molecule has 8 nitrogen and oxygen atoms in total. The minimum absolute atomic E-state index is 0.209. The summed E-state index contributed by atoms with van der Waals surface area (Å²) >= 11 is 6.76. The predicted octanol–water partition coefficient (Wildman–Crippen LogP) is 4.57. The van der Waals surface area contributed by atoms with Gasteiger partial charge in [0.05, 0.1) is 24.2 Å². The molecule has 2 N–H and O–H groups in total. The number of fused-ring (bicyclic) bond motifs is 1. The van der Waals surface area contributed by atoms with Crippen molar-refractivity contribution in [1.29, 1.82) is 0 Å². The van der Waals surface area contributed by atoms with Gasteiger partial charge in [-0.25, -0.2) is 19.6 Å². The summed E-state index contributed by atoms with van der Waals surface area (Å²) < 4.78 is 7.86. The molecule has 0 aliphatic carbocycles. The van der Waals surface area contributed by atoms with Crippen molar-refractivity contribution in [3.63, 3.8) is 0 Å². The first-order chi connectivity index (χ1) is 15.9. The van der Waals surface area contributed by atoms with Crippen molar-refractivity contribution in [1.82, 2.24) is 24.7 Å². The van der Waals surface area contributed by atoms with Crippen LogP contribution in [0, 0.1) is 13.8 Å². The van der Waals surface area contributed by atoms with Crippen LogP contribution in [0.4, 0.5) is 11.6 Å². The molecule has 0 spiro atoms. The van der Waals surface area contributed by atoms with Gasteiger partial charge < -0.3 is 15.4 Å². The number of ether oxygens (including phenoxy) is 1. The van der Waals surface area contributed by atoms with Gasteiger partial charge >= 0.3 is 0 Å². The summed E-state index contributed by atoms with van der Waals surface area (Å²) in [6.45, 7) is 8.03. The zero-order valence-electron chi connectivity index (χ0n) is 19.1. The van der Waals surface area contributed by atoms with E-state index in [-0.39, 0.29) is 6.04 Å². The summed E-state index contributed by atoms with van der Waals surface area (Å²) in [6, 6.07) is 5.85. The Morgan fingerprint density at radius 2 is 1.94 bits per heavy atom. The minimum atomic E-state index is -0.209. The summed E-state index contributed by atoms with van der Waals surface area (Å²) in [7, 11) is 1.69. The van der Waals surface area contributed by atoms with Gasteiger partial charge in [-0.15, -0.1) is 0 Å². The normalized spacial score (nSPS) is 14.4. The monoisotopic (exact) mass is 463 g/mol. The van der Waals surface area contributed by atoms with Crippen molar-refractivity contribution in [2.45, 2.75) is 33.2 Å². The molecule has 1 unspecified atom stereocenters. The fraction of sp³-hybridized carbons (Fsp3) is 0.333. The third kappa shape index (κ3) is 3.45. The lowest BCUT2D eigenvalue weighted by molar-refractivity contribution is 0.402. The topological polar surface area (TPSA) is 95.0 Å². The number of methoxy groups -OCH3 is 1. The summed E-state index contributed by atoms with van der Waals surface area (Å²) in [5.41, 5.74) is 11.4. The third-order valence-electron chi connectivity index (χ3n) is 6.43. The number of nitrogens with zero attached hydrogens (tertiary/aromatic N) is 6. The first-order valence-corrected chi connectivity index (χ1v) is 11.3. The number of halogens is 1. The van der Waals surface area contributed by atoms with Gasteiger partial charge in [-0.05, 0) is 56.5 Å². The molecule has 9 heteroatoms. The van der Waals surface area contributed by atoms with E-state index in [9.17, 15) is 0 Å². The second-order valence-corrected chi connectivity index (χ2v) is 8.79. The number of hydrogen-bond acceptors (Lipinski definition) is 7. The maximum Gasteiger partial charge on any atom is 0.164 e. The van der Waals surface area contributed by atoms with Gasteiger partial charge in [0.25, 0.3) is 0 Å². The van der Waals surface area contributed by atoms with Crippen LogP contribution in [-0.4, -0.2) is 44.9 Å². The highest BCUT2D eigenvalue weighted by Gasteiger charge is 2.25. The first kappa shape index (κ1) is 21.5. The molecule has 0 saturated carbocycles. The van der Waals surface area contributed by atoms with E-state index >= 15 is 0 Å². The van der Waals surface area contributed by atoms with E-state index in [1.54, 1.807) is 7.11 Å². The number of hydrogen-bond donors (Lipinski definition) is 1. The third-order valence-corrected chi connectivity index (χ3v) is 6.83. The number of nitrogens with two attached hydrogens (primary N) is 1. The van der Waals surface area contributed by atoms with Gasteiger partial charge in [-0.3, -0.25) is 0 Å². The summed E-state index contributed by atoms with van der Waals surface area (Å²) in [5.74, 6) is 2.14. The molecule has 0 radical (unpaired) electrons. The maximum atomic E-state index is 6.76. The molecule has 0 bridgehead atoms. The van der Waals surface area contributed by atoms with E-state index in [2.05, 4.69) is 32.8 Å². The average molecular weight is 464 g/mol. The Balaban J connectivity index is 1.69. The SMILES string of the molecule is COc1c(C(C)n2nc(C)c3c(N)ncnc32)cc(Cl)c(C)c1-c1ccnc(N2CCC2)c1. The summed E-state index contributed by atoms with van der Waals surface area (Å²) in [6.07, 6.45) is 4.50. The summed E-state index contributed by atoms with van der Waals surface area (Å²) in [5, 5.41) is 6.16. The standard InChI is InChI=1S/C24H26ClN7O/c1-13-18(25)11-17(15(3)32-24-21(14(2)30-32)23(26)28-12-29-24)22(33-4)20(13)16-6-7-27-19(10-16)31-8-5-9-31/h6-7,10-12,15H,5,8-9H2,1-4H3,(H2,26,28,29). The minimum Gasteiger partial charge on any atom is -0.496 e. The Hall–Kier alpha value is -3.39. The van der Waals surface area contributed by atoms with Gasteiger partial charge in [0.1, 0.15) is 23.7 Å². The lowest BCUT2D eigenvalue weighted by Crippen LogP contribution is -2.37. The molecule has 1 aromatic carbocycles. The summed E-state index contributed by atoms with van der Waals surface area (Å²) in [4.78, 5) is 15.4. The highest BCUT2D eigenvalue weighted by atomic mass is 35.5. The second-order valence-electron chi connectivity index (χ2n) is 8.39. The Morgan fingerprint density at radius 1 is 1.15 bits per heavy atom. The smallest absolute Gasteiger partial charge is 0.164 e. The fourth-order valence-corrected chi connectivity index (χ4v) is 4.70. The largest absolute Gasteiger partial charge is 0.496 e. The van der Waals surface area contributed by atoms with Crippen LogP contribution in [0.2, 0.25) is 5.02 Å². The average Bonchev–Trinajstić information content (AvgIpc) is 3.11. The molecular formula is C24H26ClN7O. The molecular weight excluding hydrogens is 438 g/mol. The van der Waals surface area contributed by atoms with Crippen molar-refractivity contribution < 1.29 is 4.74 Å². The van der Waals surface area contributed by atoms with E-state index in [0.717, 1.165) is 58.0 Å². The van der Waals surface area contributed by atoms with Crippen molar-refractivity contribution in [2.24, 2.45) is 0 Å². The van der Waals surface area contributed by atoms with E-state index in [0.29, 0.717) is 16.5 Å². The van der Waals surface area contributed by atoms with Crippen LogP contribution in [-0.2, 0) is 0 Å². The molecule has 1 atom stereocenters. The highest BCUT2D eigenvalue weighted by molar-refractivity contribution is 6.32. The van der Waals surface area contributed by atoms with Crippen molar-refractivity contribution in [3.05, 3.63) is 52.6 Å². The number of nitrogen functional groups attached to an aromatic ring is 1.